The van der Waals surface area contributed by atoms with E-state index in [1.54, 1.807) is 0 Å². The van der Waals surface area contributed by atoms with Crippen molar-refractivity contribution in [2.24, 2.45) is 7.05 Å². The van der Waals surface area contributed by atoms with E-state index in [0.717, 1.165) is 65.4 Å². The topological polar surface area (TPSA) is 77.5 Å². The third-order valence-corrected chi connectivity index (χ3v) is 6.14. The molecule has 0 aliphatic carbocycles. The maximum atomic E-state index is 5.11. The second-order valence-electron chi connectivity index (χ2n) is 8.71. The molecule has 1 aliphatic heterocycles. The standard InChI is InChI=1S/C23H28N8/c1-15(2)31-14-24-23-20(31)11-19(26-22(23)18-12-25-29(4)13-18)17-7-9-30(10-8-17)21-6-5-16(3)27-28-21/h5-6,11-15,17H,7-10H2,1-4H3. The first-order valence-electron chi connectivity index (χ1n) is 10.9. The summed E-state index contributed by atoms with van der Waals surface area (Å²) in [6.07, 6.45) is 7.89. The van der Waals surface area contributed by atoms with Gasteiger partial charge in [0.05, 0.1) is 23.7 Å². The number of imidazole rings is 1. The lowest BCUT2D eigenvalue weighted by molar-refractivity contribution is 0.493. The van der Waals surface area contributed by atoms with E-state index < -0.39 is 0 Å². The SMILES string of the molecule is Cc1ccc(N2CCC(c3cc4c(ncn4C(C)C)c(-c4cnn(C)c4)n3)CC2)nn1. The summed E-state index contributed by atoms with van der Waals surface area (Å²) in [6.45, 7) is 8.24. The third kappa shape index (κ3) is 3.66. The van der Waals surface area contributed by atoms with Crippen LogP contribution in [-0.4, -0.2) is 47.6 Å². The van der Waals surface area contributed by atoms with E-state index in [4.69, 9.17) is 9.97 Å². The summed E-state index contributed by atoms with van der Waals surface area (Å²) < 4.78 is 4.05. The van der Waals surface area contributed by atoms with E-state index in [1.807, 2.05) is 43.4 Å². The summed E-state index contributed by atoms with van der Waals surface area (Å²) >= 11 is 0. The molecule has 0 N–H and O–H groups in total. The lowest BCUT2D eigenvalue weighted by atomic mass is 9.92. The minimum Gasteiger partial charge on any atom is -0.355 e. The van der Waals surface area contributed by atoms with Gasteiger partial charge in [-0.05, 0) is 51.8 Å². The van der Waals surface area contributed by atoms with Crippen molar-refractivity contribution >= 4 is 16.9 Å². The molecule has 8 nitrogen and oxygen atoms in total. The van der Waals surface area contributed by atoms with E-state index in [0.29, 0.717) is 12.0 Å². The molecule has 0 saturated carbocycles. The molecular formula is C23H28N8. The largest absolute Gasteiger partial charge is 0.355 e. The molecule has 0 radical (unpaired) electrons. The van der Waals surface area contributed by atoms with Crippen LogP contribution in [-0.2, 0) is 7.05 Å². The highest BCUT2D eigenvalue weighted by molar-refractivity contribution is 5.90. The minimum absolute atomic E-state index is 0.337. The van der Waals surface area contributed by atoms with Crippen LogP contribution in [0.5, 0.6) is 0 Å². The second-order valence-corrected chi connectivity index (χ2v) is 8.71. The Labute approximate surface area is 182 Å². The van der Waals surface area contributed by atoms with E-state index in [9.17, 15) is 0 Å². The molecule has 160 valence electrons. The number of nitrogens with zero attached hydrogens (tertiary/aromatic N) is 8. The highest BCUT2D eigenvalue weighted by atomic mass is 15.3. The lowest BCUT2D eigenvalue weighted by Gasteiger charge is -2.32. The predicted octanol–water partition coefficient (Wildman–Crippen LogP) is 3.90. The van der Waals surface area contributed by atoms with Gasteiger partial charge in [-0.3, -0.25) is 4.68 Å². The molecule has 31 heavy (non-hydrogen) atoms. The van der Waals surface area contributed by atoms with Crippen LogP contribution in [0.2, 0.25) is 0 Å². The van der Waals surface area contributed by atoms with Crippen LogP contribution >= 0.6 is 0 Å². The normalized spacial score (nSPS) is 15.3. The zero-order valence-electron chi connectivity index (χ0n) is 18.5. The first-order chi connectivity index (χ1) is 15.0. The quantitative estimate of drug-likeness (QED) is 0.502. The monoisotopic (exact) mass is 416 g/mol. The fourth-order valence-corrected chi connectivity index (χ4v) is 4.38. The number of anilines is 1. The Morgan fingerprint density at radius 3 is 2.55 bits per heavy atom. The molecule has 0 unspecified atom stereocenters. The summed E-state index contributed by atoms with van der Waals surface area (Å²) in [6, 6.07) is 6.67. The Morgan fingerprint density at radius 2 is 1.90 bits per heavy atom. The van der Waals surface area contributed by atoms with Crippen molar-refractivity contribution in [1.29, 1.82) is 0 Å². The van der Waals surface area contributed by atoms with Crippen LogP contribution in [0.15, 0.2) is 36.9 Å². The molecule has 1 aliphatic rings. The van der Waals surface area contributed by atoms with Crippen LogP contribution in [0, 0.1) is 6.92 Å². The zero-order chi connectivity index (χ0) is 21.5. The van der Waals surface area contributed by atoms with E-state index in [1.165, 1.54) is 0 Å². The average Bonchev–Trinajstić information content (AvgIpc) is 3.40. The van der Waals surface area contributed by atoms with Crippen LogP contribution in [0.25, 0.3) is 22.3 Å². The Hall–Kier alpha value is -3.29. The summed E-state index contributed by atoms with van der Waals surface area (Å²) in [4.78, 5) is 12.1. The Morgan fingerprint density at radius 1 is 1.10 bits per heavy atom. The van der Waals surface area contributed by atoms with Crippen LogP contribution in [0.1, 0.15) is 50.0 Å². The van der Waals surface area contributed by atoms with Crippen molar-refractivity contribution in [1.82, 2.24) is 34.5 Å². The highest BCUT2D eigenvalue weighted by Gasteiger charge is 2.25. The van der Waals surface area contributed by atoms with Crippen molar-refractivity contribution in [2.75, 3.05) is 18.0 Å². The number of piperidine rings is 1. The van der Waals surface area contributed by atoms with Gasteiger partial charge in [0, 0.05) is 49.6 Å². The number of aromatic nitrogens is 7. The van der Waals surface area contributed by atoms with Gasteiger partial charge in [0.2, 0.25) is 0 Å². The second kappa shape index (κ2) is 7.76. The van der Waals surface area contributed by atoms with Crippen molar-refractivity contribution in [2.45, 2.75) is 45.6 Å². The fraction of sp³-hybridized carbons (Fsp3) is 0.435. The summed E-state index contributed by atoms with van der Waals surface area (Å²) in [5.41, 5.74) is 6.11. The number of hydrogen-bond donors (Lipinski definition) is 0. The van der Waals surface area contributed by atoms with Gasteiger partial charge in [0.15, 0.2) is 5.82 Å². The first-order valence-corrected chi connectivity index (χ1v) is 10.9. The Balaban J connectivity index is 1.48. The van der Waals surface area contributed by atoms with Crippen molar-refractivity contribution in [3.8, 4) is 11.3 Å². The lowest BCUT2D eigenvalue weighted by Crippen LogP contribution is -2.33. The van der Waals surface area contributed by atoms with E-state index >= 15 is 0 Å². The molecule has 4 aromatic heterocycles. The number of aryl methyl sites for hydroxylation is 2. The minimum atomic E-state index is 0.337. The molecule has 0 aromatic carbocycles. The Kier molecular flexibility index (Phi) is 4.92. The molecule has 0 bridgehead atoms. The molecule has 0 atom stereocenters. The summed E-state index contributed by atoms with van der Waals surface area (Å²) in [7, 11) is 1.93. The van der Waals surface area contributed by atoms with Gasteiger partial charge in [-0.2, -0.15) is 10.2 Å². The van der Waals surface area contributed by atoms with Gasteiger partial charge < -0.3 is 9.47 Å². The van der Waals surface area contributed by atoms with Gasteiger partial charge in [-0.15, -0.1) is 5.10 Å². The first kappa shape index (κ1) is 19.7. The molecule has 5 rings (SSSR count). The summed E-state index contributed by atoms with van der Waals surface area (Å²) in [5, 5.41) is 12.9. The number of hydrogen-bond acceptors (Lipinski definition) is 6. The molecule has 0 amide bonds. The van der Waals surface area contributed by atoms with Crippen molar-refractivity contribution in [3.05, 3.63) is 48.3 Å². The highest BCUT2D eigenvalue weighted by Crippen LogP contribution is 2.34. The number of rotatable bonds is 4. The van der Waals surface area contributed by atoms with Gasteiger partial charge in [-0.25, -0.2) is 9.97 Å². The molecular weight excluding hydrogens is 388 g/mol. The Bertz CT molecular complexity index is 1200. The molecule has 1 saturated heterocycles. The van der Waals surface area contributed by atoms with Crippen molar-refractivity contribution < 1.29 is 0 Å². The summed E-state index contributed by atoms with van der Waals surface area (Å²) in [5.74, 6) is 1.37. The van der Waals surface area contributed by atoms with Crippen LogP contribution < -0.4 is 4.90 Å². The number of fused-ring (bicyclic) bond motifs is 1. The maximum absolute atomic E-state index is 5.11. The molecule has 8 heteroatoms. The smallest absolute Gasteiger partial charge is 0.151 e. The average molecular weight is 417 g/mol. The van der Waals surface area contributed by atoms with Crippen LogP contribution in [0.4, 0.5) is 5.82 Å². The number of pyridine rings is 1. The fourth-order valence-electron chi connectivity index (χ4n) is 4.38. The van der Waals surface area contributed by atoms with E-state index in [-0.39, 0.29) is 0 Å². The predicted molar refractivity (Wildman–Crippen MR) is 121 cm³/mol. The van der Waals surface area contributed by atoms with Gasteiger partial charge in [0.1, 0.15) is 11.2 Å². The molecule has 1 fully saturated rings. The van der Waals surface area contributed by atoms with Gasteiger partial charge >= 0.3 is 0 Å². The van der Waals surface area contributed by atoms with E-state index in [2.05, 4.69) is 50.7 Å². The van der Waals surface area contributed by atoms with Crippen molar-refractivity contribution in [3.63, 3.8) is 0 Å². The third-order valence-electron chi connectivity index (χ3n) is 6.14. The maximum Gasteiger partial charge on any atom is 0.151 e. The van der Waals surface area contributed by atoms with Gasteiger partial charge in [0.25, 0.3) is 0 Å². The molecule has 0 spiro atoms. The zero-order valence-corrected chi connectivity index (χ0v) is 18.5. The van der Waals surface area contributed by atoms with Crippen LogP contribution in [0.3, 0.4) is 0 Å². The molecule has 4 aromatic rings. The van der Waals surface area contributed by atoms with Gasteiger partial charge in [-0.1, -0.05) is 0 Å². The molecule has 5 heterocycles.